The number of nitrogens with one attached hydrogen (secondary N) is 2. The Labute approximate surface area is 191 Å². The van der Waals surface area contributed by atoms with Crippen LogP contribution in [-0.4, -0.2) is 37.1 Å². The monoisotopic (exact) mass is 455 g/mol. The Bertz CT molecular complexity index is 784. The van der Waals surface area contributed by atoms with Gasteiger partial charge in [0.15, 0.2) is 11.5 Å². The Kier molecular flexibility index (Phi) is 10.9. The summed E-state index contributed by atoms with van der Waals surface area (Å²) in [5.41, 5.74) is 1.70. The Morgan fingerprint density at radius 1 is 1.17 bits per heavy atom. The van der Waals surface area contributed by atoms with E-state index in [4.69, 9.17) is 9.47 Å². The van der Waals surface area contributed by atoms with E-state index in [1.165, 1.54) is 0 Å². The van der Waals surface area contributed by atoms with Crippen LogP contribution in [0.4, 0.5) is 0 Å². The van der Waals surface area contributed by atoms with Crippen LogP contribution in [0, 0.1) is 5.41 Å². The van der Waals surface area contributed by atoms with Crippen LogP contribution in [0.2, 0.25) is 0 Å². The number of pyridine rings is 1. The molecule has 1 fully saturated rings. The summed E-state index contributed by atoms with van der Waals surface area (Å²) in [6.07, 6.45) is 5.63. The molecule has 3 rings (SSSR count). The second-order valence-electron chi connectivity index (χ2n) is 7.49. The van der Waals surface area contributed by atoms with Crippen LogP contribution in [0.25, 0.3) is 0 Å². The molecule has 0 aliphatic carbocycles. The minimum absolute atomic E-state index is 0. The van der Waals surface area contributed by atoms with E-state index in [2.05, 4.69) is 22.5 Å². The van der Waals surface area contributed by atoms with Gasteiger partial charge in [-0.05, 0) is 62.5 Å². The van der Waals surface area contributed by atoms with Crippen molar-refractivity contribution in [3.63, 3.8) is 0 Å². The number of benzene rings is 1. The summed E-state index contributed by atoms with van der Waals surface area (Å²) in [5, 5.41) is 6.45. The summed E-state index contributed by atoms with van der Waals surface area (Å²) in [7, 11) is 0. The lowest BCUT2D eigenvalue weighted by Crippen LogP contribution is -2.42. The molecule has 166 valence electrons. The molecule has 0 unspecified atom stereocenters. The lowest BCUT2D eigenvalue weighted by atomic mass is 9.81. The lowest BCUT2D eigenvalue weighted by molar-refractivity contribution is 0.0921. The summed E-state index contributed by atoms with van der Waals surface area (Å²) in [6.45, 7) is 7.72. The average molecular weight is 456 g/mol. The first-order valence-electron chi connectivity index (χ1n) is 9.87. The second-order valence-corrected chi connectivity index (χ2v) is 7.49. The van der Waals surface area contributed by atoms with E-state index in [0.717, 1.165) is 31.5 Å². The summed E-state index contributed by atoms with van der Waals surface area (Å²) in [5.74, 6) is 1.11. The van der Waals surface area contributed by atoms with Gasteiger partial charge in [-0.15, -0.1) is 24.8 Å². The molecular weight excluding hydrogens is 425 g/mol. The van der Waals surface area contributed by atoms with Crippen LogP contribution in [0.3, 0.4) is 0 Å². The highest BCUT2D eigenvalue weighted by Crippen LogP contribution is 2.30. The molecule has 0 saturated carbocycles. The van der Waals surface area contributed by atoms with Crippen LogP contribution in [-0.2, 0) is 6.61 Å². The number of nitrogens with zero attached hydrogens (tertiary/aromatic N) is 1. The summed E-state index contributed by atoms with van der Waals surface area (Å²) >= 11 is 0. The summed E-state index contributed by atoms with van der Waals surface area (Å²) < 4.78 is 11.6. The third kappa shape index (κ3) is 7.35. The van der Waals surface area contributed by atoms with Crippen LogP contribution >= 0.6 is 24.8 Å². The SMILES string of the molecule is CCOc1cc(C(=O)NCC2(C)CCNCC2)ccc1OCc1cccnc1.Cl.Cl. The fraction of sp³-hybridized carbons (Fsp3) is 0.455. The molecule has 2 aromatic rings. The maximum absolute atomic E-state index is 12.6. The molecule has 8 heteroatoms. The Hall–Kier alpha value is -2.02. The minimum Gasteiger partial charge on any atom is -0.490 e. The van der Waals surface area contributed by atoms with Crippen molar-refractivity contribution in [1.29, 1.82) is 0 Å². The molecule has 1 aromatic heterocycles. The van der Waals surface area contributed by atoms with Crippen molar-refractivity contribution in [1.82, 2.24) is 15.6 Å². The van der Waals surface area contributed by atoms with Gasteiger partial charge < -0.3 is 20.1 Å². The van der Waals surface area contributed by atoms with Crippen molar-refractivity contribution in [2.24, 2.45) is 5.41 Å². The highest BCUT2D eigenvalue weighted by Gasteiger charge is 2.27. The smallest absolute Gasteiger partial charge is 0.251 e. The number of hydrogen-bond donors (Lipinski definition) is 2. The van der Waals surface area contributed by atoms with Crippen molar-refractivity contribution in [2.75, 3.05) is 26.2 Å². The number of piperidine rings is 1. The number of carbonyl (C=O) groups is 1. The molecule has 30 heavy (non-hydrogen) atoms. The molecule has 1 saturated heterocycles. The molecule has 0 bridgehead atoms. The molecule has 0 atom stereocenters. The van der Waals surface area contributed by atoms with Crippen molar-refractivity contribution in [3.05, 3.63) is 53.9 Å². The summed E-state index contributed by atoms with van der Waals surface area (Å²) in [4.78, 5) is 16.7. The van der Waals surface area contributed by atoms with Gasteiger partial charge in [0.2, 0.25) is 0 Å². The first-order chi connectivity index (χ1) is 13.6. The molecule has 1 amide bonds. The second kappa shape index (κ2) is 12.6. The Morgan fingerprint density at radius 3 is 2.60 bits per heavy atom. The van der Waals surface area contributed by atoms with E-state index < -0.39 is 0 Å². The molecule has 0 spiro atoms. The zero-order valence-electron chi connectivity index (χ0n) is 17.5. The third-order valence-corrected chi connectivity index (χ3v) is 5.11. The number of halogens is 2. The molecular formula is C22H31Cl2N3O3. The molecule has 6 nitrogen and oxygen atoms in total. The molecule has 2 N–H and O–H groups in total. The van der Waals surface area contributed by atoms with Gasteiger partial charge in [0.25, 0.3) is 5.91 Å². The van der Waals surface area contributed by atoms with Crippen LogP contribution in [0.15, 0.2) is 42.7 Å². The lowest BCUT2D eigenvalue weighted by Gasteiger charge is -2.34. The number of carbonyl (C=O) groups excluding carboxylic acids is 1. The fourth-order valence-corrected chi connectivity index (χ4v) is 3.28. The van der Waals surface area contributed by atoms with E-state index in [1.54, 1.807) is 30.6 Å². The maximum atomic E-state index is 12.6. The van der Waals surface area contributed by atoms with Crippen LogP contribution in [0.1, 0.15) is 42.6 Å². The van der Waals surface area contributed by atoms with E-state index in [1.807, 2.05) is 19.1 Å². The van der Waals surface area contributed by atoms with Gasteiger partial charge in [-0.3, -0.25) is 9.78 Å². The van der Waals surface area contributed by atoms with Gasteiger partial charge in [0, 0.05) is 30.1 Å². The number of amides is 1. The average Bonchev–Trinajstić information content (AvgIpc) is 2.72. The van der Waals surface area contributed by atoms with Crippen LogP contribution in [0.5, 0.6) is 11.5 Å². The highest BCUT2D eigenvalue weighted by molar-refractivity contribution is 5.94. The molecule has 0 radical (unpaired) electrons. The van der Waals surface area contributed by atoms with Crippen molar-refractivity contribution >= 4 is 30.7 Å². The molecule has 2 heterocycles. The van der Waals surface area contributed by atoms with E-state index >= 15 is 0 Å². The Balaban J connectivity index is 0.00000225. The Morgan fingerprint density at radius 2 is 1.93 bits per heavy atom. The van der Waals surface area contributed by atoms with Gasteiger partial charge in [0.05, 0.1) is 6.61 Å². The number of ether oxygens (including phenoxy) is 2. The third-order valence-electron chi connectivity index (χ3n) is 5.11. The zero-order chi connectivity index (χ0) is 19.8. The number of hydrogen-bond acceptors (Lipinski definition) is 5. The predicted molar refractivity (Wildman–Crippen MR) is 123 cm³/mol. The fourth-order valence-electron chi connectivity index (χ4n) is 3.28. The quantitative estimate of drug-likeness (QED) is 0.628. The first kappa shape index (κ1) is 26.0. The van der Waals surface area contributed by atoms with Gasteiger partial charge >= 0.3 is 0 Å². The first-order valence-corrected chi connectivity index (χ1v) is 9.87. The minimum atomic E-state index is -0.0838. The van der Waals surface area contributed by atoms with E-state index in [9.17, 15) is 4.79 Å². The largest absolute Gasteiger partial charge is 0.490 e. The normalized spacial score (nSPS) is 14.6. The predicted octanol–water partition coefficient (Wildman–Crippen LogP) is 4.02. The zero-order valence-corrected chi connectivity index (χ0v) is 19.1. The van der Waals surface area contributed by atoms with Crippen molar-refractivity contribution in [3.8, 4) is 11.5 Å². The standard InChI is InChI=1S/C22H29N3O3.2ClH/c1-3-27-20-13-18(21(26)25-16-22(2)8-11-23-12-9-22)6-7-19(20)28-15-17-5-4-10-24-14-17;;/h4-7,10,13-14,23H,3,8-9,11-12,15-16H2,1-2H3,(H,25,26);2*1H. The van der Waals surface area contributed by atoms with Crippen LogP contribution < -0.4 is 20.1 Å². The topological polar surface area (TPSA) is 72.5 Å². The van der Waals surface area contributed by atoms with Crippen molar-refractivity contribution < 1.29 is 14.3 Å². The van der Waals surface area contributed by atoms with Crippen molar-refractivity contribution in [2.45, 2.75) is 33.3 Å². The van der Waals surface area contributed by atoms with Gasteiger partial charge in [-0.1, -0.05) is 13.0 Å². The maximum Gasteiger partial charge on any atom is 0.251 e. The highest BCUT2D eigenvalue weighted by atomic mass is 35.5. The van der Waals surface area contributed by atoms with Gasteiger partial charge in [0.1, 0.15) is 6.61 Å². The number of rotatable bonds is 8. The van der Waals surface area contributed by atoms with Gasteiger partial charge in [-0.2, -0.15) is 0 Å². The molecule has 1 aliphatic rings. The van der Waals surface area contributed by atoms with E-state index in [-0.39, 0.29) is 36.1 Å². The van der Waals surface area contributed by atoms with E-state index in [0.29, 0.717) is 36.8 Å². The summed E-state index contributed by atoms with van der Waals surface area (Å²) in [6, 6.07) is 9.15. The molecule has 1 aromatic carbocycles. The number of aromatic nitrogens is 1. The van der Waals surface area contributed by atoms with Gasteiger partial charge in [-0.25, -0.2) is 0 Å². The molecule has 1 aliphatic heterocycles.